The van der Waals surface area contributed by atoms with E-state index in [1.54, 1.807) is 45.0 Å². The van der Waals surface area contributed by atoms with E-state index in [-0.39, 0.29) is 6.42 Å². The predicted molar refractivity (Wildman–Crippen MR) is 90.2 cm³/mol. The lowest BCUT2D eigenvalue weighted by atomic mass is 10.1. The summed E-state index contributed by atoms with van der Waals surface area (Å²) < 4.78 is 17.7. The van der Waals surface area contributed by atoms with E-state index in [9.17, 15) is 19.0 Å². The van der Waals surface area contributed by atoms with E-state index in [2.05, 4.69) is 5.32 Å². The van der Waals surface area contributed by atoms with Crippen LogP contribution in [0.4, 0.5) is 4.79 Å². The summed E-state index contributed by atoms with van der Waals surface area (Å²) in [5, 5.41) is 11.2. The number of hydrogen-bond acceptors (Lipinski definition) is 4. The second-order valence-corrected chi connectivity index (χ2v) is 9.06. The molecule has 2 unspecified atom stereocenters. The van der Waals surface area contributed by atoms with Crippen molar-refractivity contribution in [2.45, 2.75) is 45.0 Å². The molecule has 2 atom stereocenters. The van der Waals surface area contributed by atoms with Crippen molar-refractivity contribution in [2.75, 3.05) is 6.16 Å². The van der Waals surface area contributed by atoms with Gasteiger partial charge >= 0.3 is 12.1 Å². The van der Waals surface area contributed by atoms with Crippen LogP contribution in [-0.2, 0) is 20.5 Å². The first-order valence-electron chi connectivity index (χ1n) is 7.56. The van der Waals surface area contributed by atoms with Gasteiger partial charge < -0.3 is 20.1 Å². The summed E-state index contributed by atoms with van der Waals surface area (Å²) in [6.07, 6.45) is -1.58. The molecule has 0 aliphatic carbocycles. The Labute approximate surface area is 141 Å². The smallest absolute Gasteiger partial charge is 0.408 e. The van der Waals surface area contributed by atoms with Crippen molar-refractivity contribution in [1.82, 2.24) is 5.32 Å². The van der Waals surface area contributed by atoms with Crippen molar-refractivity contribution in [3.8, 4) is 0 Å². The first-order chi connectivity index (χ1) is 11.0. The van der Waals surface area contributed by atoms with Gasteiger partial charge in [0, 0.05) is 12.6 Å². The van der Waals surface area contributed by atoms with Crippen LogP contribution < -0.4 is 5.32 Å². The number of nitrogens with one attached hydrogen (secondary N) is 1. The standard InChI is InChI=1S/C16H24NO6P/c1-16(2,3)23-15(20)17-13(11-12-7-5-4-6-8-12)24(21,22)10-9-14(18)19/h4-8,13H,9-11H2,1-3H3,(H,17,20)(H,18,19)(H,21,22). The zero-order valence-electron chi connectivity index (χ0n) is 14.1. The molecule has 7 nitrogen and oxygen atoms in total. The average Bonchev–Trinajstić information content (AvgIpc) is 2.43. The lowest BCUT2D eigenvalue weighted by Crippen LogP contribution is -2.40. The van der Waals surface area contributed by atoms with Gasteiger partial charge in [-0.3, -0.25) is 9.36 Å². The molecular formula is C16H24NO6P. The number of carbonyl (C=O) groups is 2. The number of aliphatic carboxylic acids is 1. The Balaban J connectivity index is 2.91. The summed E-state index contributed by atoms with van der Waals surface area (Å²) >= 11 is 0. The Morgan fingerprint density at radius 1 is 1.25 bits per heavy atom. The fraction of sp³-hybridized carbons (Fsp3) is 0.500. The van der Waals surface area contributed by atoms with Gasteiger partial charge in [-0.15, -0.1) is 0 Å². The number of benzene rings is 1. The summed E-state index contributed by atoms with van der Waals surface area (Å²) in [5.74, 6) is -2.28. The largest absolute Gasteiger partial charge is 0.481 e. The third-order valence-corrected chi connectivity index (χ3v) is 5.24. The van der Waals surface area contributed by atoms with Crippen LogP contribution in [0.2, 0.25) is 0 Å². The maximum atomic E-state index is 12.5. The van der Waals surface area contributed by atoms with Crippen LogP contribution in [-0.4, -0.2) is 39.6 Å². The molecule has 3 N–H and O–H groups in total. The Morgan fingerprint density at radius 3 is 2.33 bits per heavy atom. The Bertz CT molecular complexity index is 611. The van der Waals surface area contributed by atoms with Crippen molar-refractivity contribution >= 4 is 19.4 Å². The quantitative estimate of drug-likeness (QED) is 0.647. The molecule has 0 aliphatic rings. The summed E-state index contributed by atoms with van der Waals surface area (Å²) in [5.41, 5.74) is 0.00480. The van der Waals surface area contributed by atoms with Crippen LogP contribution in [0.1, 0.15) is 32.8 Å². The highest BCUT2D eigenvalue weighted by atomic mass is 31.2. The summed E-state index contributed by atoms with van der Waals surface area (Å²) in [6, 6.07) is 8.89. The molecule has 0 saturated heterocycles. The SMILES string of the molecule is CC(C)(C)OC(=O)NC(Cc1ccccc1)P(=O)(O)CCC(=O)O. The minimum Gasteiger partial charge on any atom is -0.481 e. The third-order valence-electron chi connectivity index (χ3n) is 3.09. The lowest BCUT2D eigenvalue weighted by Gasteiger charge is -2.26. The highest BCUT2D eigenvalue weighted by Gasteiger charge is 2.34. The molecule has 24 heavy (non-hydrogen) atoms. The van der Waals surface area contributed by atoms with Crippen molar-refractivity contribution < 1.29 is 28.9 Å². The number of carboxylic acid groups (broad SMARTS) is 1. The molecular weight excluding hydrogens is 333 g/mol. The van der Waals surface area contributed by atoms with Crippen molar-refractivity contribution in [3.63, 3.8) is 0 Å². The second-order valence-electron chi connectivity index (χ2n) is 6.47. The molecule has 8 heteroatoms. The number of carbonyl (C=O) groups excluding carboxylic acids is 1. The van der Waals surface area contributed by atoms with Crippen LogP contribution in [0.15, 0.2) is 30.3 Å². The van der Waals surface area contributed by atoms with Crippen LogP contribution in [0, 0.1) is 0 Å². The summed E-state index contributed by atoms with van der Waals surface area (Å²) in [7, 11) is -3.93. The van der Waals surface area contributed by atoms with E-state index in [4.69, 9.17) is 9.84 Å². The number of amides is 1. The van der Waals surface area contributed by atoms with Crippen LogP contribution in [0.5, 0.6) is 0 Å². The molecule has 1 amide bonds. The molecule has 0 aromatic heterocycles. The number of hydrogen-bond donors (Lipinski definition) is 3. The molecule has 0 saturated carbocycles. The van der Waals surface area contributed by atoms with Crippen molar-refractivity contribution in [2.24, 2.45) is 0 Å². The Kier molecular flexibility index (Phi) is 6.99. The Hall–Kier alpha value is -1.85. The minimum atomic E-state index is -3.93. The molecule has 0 radical (unpaired) electrons. The number of carboxylic acids is 1. The van der Waals surface area contributed by atoms with E-state index in [1.807, 2.05) is 6.07 Å². The first kappa shape index (κ1) is 20.2. The van der Waals surface area contributed by atoms with Gasteiger partial charge in [0.25, 0.3) is 0 Å². The van der Waals surface area contributed by atoms with Crippen LogP contribution in [0.3, 0.4) is 0 Å². The van der Waals surface area contributed by atoms with Gasteiger partial charge in [-0.25, -0.2) is 4.79 Å². The molecule has 0 spiro atoms. The zero-order valence-corrected chi connectivity index (χ0v) is 15.0. The molecule has 1 aromatic rings. The van der Waals surface area contributed by atoms with E-state index in [0.717, 1.165) is 5.56 Å². The van der Waals surface area contributed by atoms with Crippen molar-refractivity contribution in [1.29, 1.82) is 0 Å². The number of alkyl carbamates (subject to hydrolysis) is 1. The van der Waals surface area contributed by atoms with Gasteiger partial charge in [0.05, 0.1) is 6.42 Å². The topological polar surface area (TPSA) is 113 Å². The van der Waals surface area contributed by atoms with Crippen LogP contribution >= 0.6 is 7.37 Å². The molecule has 1 aromatic carbocycles. The molecule has 0 fully saturated rings. The maximum absolute atomic E-state index is 12.5. The first-order valence-corrected chi connectivity index (χ1v) is 9.48. The normalized spacial score (nSPS) is 15.2. The molecule has 0 aliphatic heterocycles. The van der Waals surface area contributed by atoms with Gasteiger partial charge in [-0.05, 0) is 26.3 Å². The fourth-order valence-electron chi connectivity index (χ4n) is 1.99. The third kappa shape index (κ3) is 7.62. The number of rotatable bonds is 7. The summed E-state index contributed by atoms with van der Waals surface area (Å²) in [4.78, 5) is 32.9. The molecule has 0 heterocycles. The average molecular weight is 357 g/mol. The monoisotopic (exact) mass is 357 g/mol. The molecule has 134 valence electrons. The van der Waals surface area contributed by atoms with Gasteiger partial charge in [-0.2, -0.15) is 0 Å². The molecule has 0 bridgehead atoms. The van der Waals surface area contributed by atoms with Gasteiger partial charge in [0.15, 0.2) is 0 Å². The maximum Gasteiger partial charge on any atom is 0.408 e. The highest BCUT2D eigenvalue weighted by Crippen LogP contribution is 2.47. The number of ether oxygens (including phenoxy) is 1. The van der Waals surface area contributed by atoms with E-state index < -0.39 is 43.4 Å². The second kappa shape index (κ2) is 8.31. The van der Waals surface area contributed by atoms with E-state index in [1.165, 1.54) is 0 Å². The van der Waals surface area contributed by atoms with Crippen LogP contribution in [0.25, 0.3) is 0 Å². The van der Waals surface area contributed by atoms with Crippen molar-refractivity contribution in [3.05, 3.63) is 35.9 Å². The molecule has 1 rings (SSSR count). The van der Waals surface area contributed by atoms with E-state index >= 15 is 0 Å². The fourth-order valence-corrected chi connectivity index (χ4v) is 3.61. The summed E-state index contributed by atoms with van der Waals surface area (Å²) in [6.45, 7) is 5.05. The minimum absolute atomic E-state index is 0.105. The van der Waals surface area contributed by atoms with Gasteiger partial charge in [0.1, 0.15) is 11.4 Å². The van der Waals surface area contributed by atoms with Gasteiger partial charge in [0.2, 0.25) is 7.37 Å². The lowest BCUT2D eigenvalue weighted by molar-refractivity contribution is -0.136. The Morgan fingerprint density at radius 2 is 1.83 bits per heavy atom. The predicted octanol–water partition coefficient (Wildman–Crippen LogP) is 2.83. The van der Waals surface area contributed by atoms with E-state index in [0.29, 0.717) is 0 Å². The highest BCUT2D eigenvalue weighted by molar-refractivity contribution is 7.58. The zero-order chi connectivity index (χ0) is 18.4. The van der Waals surface area contributed by atoms with Gasteiger partial charge in [-0.1, -0.05) is 30.3 Å².